The first-order valence-corrected chi connectivity index (χ1v) is 4.03. The highest BCUT2D eigenvalue weighted by Gasteiger charge is 2.49. The Labute approximate surface area is 78.7 Å². The molecule has 1 aliphatic heterocycles. The Morgan fingerprint density at radius 2 is 2.14 bits per heavy atom. The first-order chi connectivity index (χ1) is 6.36. The van der Waals surface area contributed by atoms with Gasteiger partial charge >= 0.3 is 6.18 Å². The first kappa shape index (κ1) is 11.3. The molecule has 2 N–H and O–H groups in total. The summed E-state index contributed by atoms with van der Waals surface area (Å²) in [6.45, 7) is -0.340. The van der Waals surface area contributed by atoms with Crippen LogP contribution in [0.1, 0.15) is 6.42 Å². The van der Waals surface area contributed by atoms with Crippen LogP contribution in [-0.4, -0.2) is 36.8 Å². The van der Waals surface area contributed by atoms with E-state index in [1.54, 1.807) is 0 Å². The highest BCUT2D eigenvalue weighted by molar-refractivity contribution is 5.80. The molecule has 0 radical (unpaired) electrons. The molecule has 2 unspecified atom stereocenters. The van der Waals surface area contributed by atoms with Crippen LogP contribution in [-0.2, 0) is 9.63 Å². The minimum atomic E-state index is -4.30. The standard InChI is InChI=1S/C7H11F3N2O2/c1-14-12-3-4(7(8,9)10)2-5(12)6(11)13/h4-5H,2-3H2,1H3,(H2,11,13). The second-order valence-corrected chi connectivity index (χ2v) is 3.17. The monoisotopic (exact) mass is 212 g/mol. The molecule has 0 bridgehead atoms. The van der Waals surface area contributed by atoms with Crippen LogP contribution in [0.4, 0.5) is 13.2 Å². The van der Waals surface area contributed by atoms with E-state index in [1.807, 2.05) is 0 Å². The summed E-state index contributed by atoms with van der Waals surface area (Å²) in [5.74, 6) is -2.33. The predicted octanol–water partition coefficient (Wildman–Crippen LogP) is 0.286. The smallest absolute Gasteiger partial charge is 0.368 e. The van der Waals surface area contributed by atoms with Crippen molar-refractivity contribution < 1.29 is 22.8 Å². The van der Waals surface area contributed by atoms with Gasteiger partial charge in [0.25, 0.3) is 0 Å². The third-order valence-corrected chi connectivity index (χ3v) is 2.28. The molecule has 0 aliphatic carbocycles. The van der Waals surface area contributed by atoms with Crippen LogP contribution in [0.25, 0.3) is 0 Å². The Morgan fingerprint density at radius 1 is 1.57 bits per heavy atom. The van der Waals surface area contributed by atoms with Crippen LogP contribution in [0.15, 0.2) is 0 Å². The van der Waals surface area contributed by atoms with Gasteiger partial charge in [0.2, 0.25) is 5.91 Å². The molecular formula is C7H11F3N2O2. The number of carbonyl (C=O) groups excluding carboxylic acids is 1. The minimum Gasteiger partial charge on any atom is -0.368 e. The number of hydrogen-bond donors (Lipinski definition) is 1. The Bertz CT molecular complexity index is 231. The summed E-state index contributed by atoms with van der Waals surface area (Å²) in [5, 5.41) is 0.973. The summed E-state index contributed by atoms with van der Waals surface area (Å²) in [4.78, 5) is 15.4. The number of rotatable bonds is 2. The highest BCUT2D eigenvalue weighted by Crippen LogP contribution is 2.36. The lowest BCUT2D eigenvalue weighted by Gasteiger charge is -2.18. The van der Waals surface area contributed by atoms with Crippen LogP contribution in [0.2, 0.25) is 0 Å². The van der Waals surface area contributed by atoms with Gasteiger partial charge in [-0.2, -0.15) is 18.2 Å². The second-order valence-electron chi connectivity index (χ2n) is 3.17. The molecule has 0 aromatic rings. The number of nitrogens with zero attached hydrogens (tertiary/aromatic N) is 1. The molecule has 7 heteroatoms. The zero-order chi connectivity index (χ0) is 10.9. The second kappa shape index (κ2) is 3.74. The van der Waals surface area contributed by atoms with E-state index in [1.165, 1.54) is 7.11 Å². The molecule has 1 saturated heterocycles. The van der Waals surface area contributed by atoms with Gasteiger partial charge in [0, 0.05) is 6.54 Å². The molecule has 0 aromatic heterocycles. The first-order valence-electron chi connectivity index (χ1n) is 4.03. The quantitative estimate of drug-likeness (QED) is 0.715. The van der Waals surface area contributed by atoms with Gasteiger partial charge in [-0.3, -0.25) is 4.79 Å². The number of amides is 1. The summed E-state index contributed by atoms with van der Waals surface area (Å²) in [7, 11) is 1.22. The van der Waals surface area contributed by atoms with Gasteiger partial charge in [-0.05, 0) is 6.42 Å². The van der Waals surface area contributed by atoms with Crippen molar-refractivity contribution in [1.29, 1.82) is 0 Å². The van der Waals surface area contributed by atoms with E-state index >= 15 is 0 Å². The summed E-state index contributed by atoms with van der Waals surface area (Å²) in [5.41, 5.74) is 4.94. The molecule has 0 aromatic carbocycles. The van der Waals surface area contributed by atoms with Crippen molar-refractivity contribution in [2.75, 3.05) is 13.7 Å². The Morgan fingerprint density at radius 3 is 2.43 bits per heavy atom. The van der Waals surface area contributed by atoms with E-state index in [2.05, 4.69) is 4.84 Å². The molecular weight excluding hydrogens is 201 g/mol. The van der Waals surface area contributed by atoms with Crippen molar-refractivity contribution in [3.63, 3.8) is 0 Å². The van der Waals surface area contributed by atoms with Crippen LogP contribution < -0.4 is 5.73 Å². The van der Waals surface area contributed by atoms with Crippen LogP contribution in [0.5, 0.6) is 0 Å². The zero-order valence-electron chi connectivity index (χ0n) is 7.54. The molecule has 82 valence electrons. The van der Waals surface area contributed by atoms with Crippen molar-refractivity contribution in [2.45, 2.75) is 18.6 Å². The maximum Gasteiger partial charge on any atom is 0.393 e. The van der Waals surface area contributed by atoms with Gasteiger partial charge in [-0.15, -0.1) is 0 Å². The molecule has 1 rings (SSSR count). The number of hydrogen-bond acceptors (Lipinski definition) is 3. The average Bonchev–Trinajstić information content (AvgIpc) is 2.45. The molecule has 1 aliphatic rings. The van der Waals surface area contributed by atoms with Crippen LogP contribution >= 0.6 is 0 Å². The number of halogens is 3. The molecule has 1 amide bonds. The highest BCUT2D eigenvalue weighted by atomic mass is 19.4. The molecule has 14 heavy (non-hydrogen) atoms. The van der Waals surface area contributed by atoms with Gasteiger partial charge in [0.1, 0.15) is 6.04 Å². The third-order valence-electron chi connectivity index (χ3n) is 2.28. The van der Waals surface area contributed by atoms with Gasteiger partial charge in [-0.1, -0.05) is 0 Å². The summed E-state index contributed by atoms with van der Waals surface area (Å²) < 4.78 is 36.8. The molecule has 1 fully saturated rings. The van der Waals surface area contributed by atoms with Gasteiger partial charge in [0.15, 0.2) is 0 Å². The van der Waals surface area contributed by atoms with Gasteiger partial charge < -0.3 is 10.6 Å². The maximum atomic E-state index is 12.3. The number of nitrogens with two attached hydrogens (primary N) is 1. The van der Waals surface area contributed by atoms with Crippen molar-refractivity contribution in [2.24, 2.45) is 11.7 Å². The molecule has 0 saturated carbocycles. The zero-order valence-corrected chi connectivity index (χ0v) is 7.54. The van der Waals surface area contributed by atoms with Crippen molar-refractivity contribution in [1.82, 2.24) is 5.06 Å². The number of primary amides is 1. The molecule has 1 heterocycles. The topological polar surface area (TPSA) is 55.6 Å². The van der Waals surface area contributed by atoms with E-state index in [-0.39, 0.29) is 13.0 Å². The molecule has 2 atom stereocenters. The lowest BCUT2D eigenvalue weighted by atomic mass is 10.1. The molecule has 0 spiro atoms. The van der Waals surface area contributed by atoms with Gasteiger partial charge in [-0.25, -0.2) is 0 Å². The predicted molar refractivity (Wildman–Crippen MR) is 40.9 cm³/mol. The Hall–Kier alpha value is -0.820. The van der Waals surface area contributed by atoms with Crippen molar-refractivity contribution in [3.05, 3.63) is 0 Å². The van der Waals surface area contributed by atoms with Crippen molar-refractivity contribution >= 4 is 5.91 Å². The van der Waals surface area contributed by atoms with Crippen molar-refractivity contribution in [3.8, 4) is 0 Å². The minimum absolute atomic E-state index is 0.327. The fourth-order valence-electron chi connectivity index (χ4n) is 1.50. The third kappa shape index (κ3) is 2.16. The van der Waals surface area contributed by atoms with Gasteiger partial charge in [0.05, 0.1) is 13.0 Å². The lowest BCUT2D eigenvalue weighted by molar-refractivity contribution is -0.187. The average molecular weight is 212 g/mol. The van der Waals surface area contributed by atoms with E-state index in [4.69, 9.17) is 5.73 Å². The van der Waals surface area contributed by atoms with Crippen LogP contribution in [0.3, 0.4) is 0 Å². The van der Waals surface area contributed by atoms with E-state index in [0.29, 0.717) is 0 Å². The lowest BCUT2D eigenvalue weighted by Crippen LogP contribution is -2.39. The largest absolute Gasteiger partial charge is 0.393 e. The summed E-state index contributed by atoms with van der Waals surface area (Å²) in [6.07, 6.45) is -4.63. The van der Waals surface area contributed by atoms with Crippen LogP contribution in [0, 0.1) is 5.92 Å². The number of carbonyl (C=O) groups is 1. The van der Waals surface area contributed by atoms with E-state index in [9.17, 15) is 18.0 Å². The number of hydroxylamine groups is 2. The fourth-order valence-corrected chi connectivity index (χ4v) is 1.50. The van der Waals surface area contributed by atoms with E-state index < -0.39 is 24.0 Å². The summed E-state index contributed by atoms with van der Waals surface area (Å²) >= 11 is 0. The SMILES string of the molecule is CON1CC(C(F)(F)F)CC1C(N)=O. The Kier molecular flexibility index (Phi) is 3.01. The van der Waals surface area contributed by atoms with E-state index in [0.717, 1.165) is 5.06 Å². The fraction of sp³-hybridized carbons (Fsp3) is 0.857. The number of alkyl halides is 3. The normalized spacial score (nSPS) is 29.4. The molecule has 4 nitrogen and oxygen atoms in total. The maximum absolute atomic E-state index is 12.3. The Balaban J connectivity index is 2.70. The summed E-state index contributed by atoms with van der Waals surface area (Å²) in [6, 6.07) is -0.980.